The summed E-state index contributed by atoms with van der Waals surface area (Å²) in [5, 5.41) is 26.5. The molecule has 0 aliphatic carbocycles. The second kappa shape index (κ2) is 11.5. The number of benzene rings is 1. The van der Waals surface area contributed by atoms with Crippen LogP contribution in [-0.2, 0) is 6.18 Å². The number of anilines is 3. The Morgan fingerprint density at radius 2 is 1.66 bits per heavy atom. The molecule has 0 fully saturated rings. The van der Waals surface area contributed by atoms with Crippen LogP contribution in [0.4, 0.5) is 39.7 Å². The SMILES string of the molecule is COc1cc(Nc2nc(N[C@@H](c3ccc(C(F)(F)F)cc3)[C@H](C)NC(=O)O)c(F)cc2C#N)cc(OC)n1. The molecule has 0 saturated heterocycles. The number of aromatic nitrogens is 2. The van der Waals surface area contributed by atoms with Crippen molar-refractivity contribution in [3.8, 4) is 17.8 Å². The molecule has 3 aromatic rings. The molecule has 3 rings (SSSR count). The summed E-state index contributed by atoms with van der Waals surface area (Å²) >= 11 is 0. The van der Waals surface area contributed by atoms with Gasteiger partial charge in [0.15, 0.2) is 17.5 Å². The van der Waals surface area contributed by atoms with Crippen LogP contribution in [0, 0.1) is 17.1 Å². The van der Waals surface area contributed by atoms with E-state index in [4.69, 9.17) is 14.6 Å². The standard InChI is InChI=1S/C24H22F4N6O4/c1-12(30-23(35)36)20(13-4-6-15(7-5-13)24(26,27)28)33-22-17(25)8-14(11-29)21(34-22)31-16-9-18(37-2)32-19(10-16)38-3/h4-10,12,20,30H,1-3H3,(H,35,36)(H2,31,32,33,34)/t12-,20+/m0/s1. The third-order valence-corrected chi connectivity index (χ3v) is 5.30. The van der Waals surface area contributed by atoms with Crippen molar-refractivity contribution >= 4 is 23.4 Å². The number of carbonyl (C=O) groups is 1. The first-order valence-electron chi connectivity index (χ1n) is 10.9. The fourth-order valence-electron chi connectivity index (χ4n) is 3.47. The molecule has 2 atom stereocenters. The number of pyridine rings is 2. The summed E-state index contributed by atoms with van der Waals surface area (Å²) in [6.07, 6.45) is -5.97. The van der Waals surface area contributed by atoms with E-state index in [1.54, 1.807) is 0 Å². The molecular weight excluding hydrogens is 512 g/mol. The van der Waals surface area contributed by atoms with Crippen molar-refractivity contribution in [2.75, 3.05) is 24.9 Å². The zero-order valence-electron chi connectivity index (χ0n) is 20.2. The summed E-state index contributed by atoms with van der Waals surface area (Å²) in [6.45, 7) is 1.44. The molecule has 10 nitrogen and oxygen atoms in total. The minimum absolute atomic E-state index is 0.0725. The number of methoxy groups -OCH3 is 2. The number of amides is 1. The maximum atomic E-state index is 15.0. The molecule has 0 spiro atoms. The van der Waals surface area contributed by atoms with E-state index in [0.29, 0.717) is 5.69 Å². The van der Waals surface area contributed by atoms with E-state index < -0.39 is 35.7 Å². The van der Waals surface area contributed by atoms with Gasteiger partial charge in [-0.1, -0.05) is 12.1 Å². The fourth-order valence-corrected chi connectivity index (χ4v) is 3.47. The number of halogens is 4. The summed E-state index contributed by atoms with van der Waals surface area (Å²) in [5.41, 5.74) is -0.500. The summed E-state index contributed by atoms with van der Waals surface area (Å²) in [5.74, 6) is -1.04. The van der Waals surface area contributed by atoms with E-state index in [0.717, 1.165) is 30.3 Å². The van der Waals surface area contributed by atoms with Gasteiger partial charge in [-0.3, -0.25) is 0 Å². The largest absolute Gasteiger partial charge is 0.481 e. The van der Waals surface area contributed by atoms with Gasteiger partial charge in [0.25, 0.3) is 0 Å². The van der Waals surface area contributed by atoms with Crippen LogP contribution >= 0.6 is 0 Å². The molecule has 4 N–H and O–H groups in total. The van der Waals surface area contributed by atoms with Crippen LogP contribution in [0.3, 0.4) is 0 Å². The van der Waals surface area contributed by atoms with Crippen molar-refractivity contribution in [3.63, 3.8) is 0 Å². The van der Waals surface area contributed by atoms with Gasteiger partial charge in [0.2, 0.25) is 11.8 Å². The van der Waals surface area contributed by atoms with Gasteiger partial charge in [-0.25, -0.2) is 14.2 Å². The van der Waals surface area contributed by atoms with Gasteiger partial charge in [0.05, 0.1) is 43.1 Å². The molecule has 1 amide bonds. The van der Waals surface area contributed by atoms with E-state index in [1.807, 2.05) is 6.07 Å². The minimum Gasteiger partial charge on any atom is -0.481 e. The van der Waals surface area contributed by atoms with Gasteiger partial charge in [-0.15, -0.1) is 0 Å². The van der Waals surface area contributed by atoms with Crippen molar-refractivity contribution in [3.05, 3.63) is 65.0 Å². The topological polar surface area (TPSA) is 141 Å². The Balaban J connectivity index is 2.02. The molecule has 0 radical (unpaired) electrons. The van der Waals surface area contributed by atoms with Crippen molar-refractivity contribution in [2.24, 2.45) is 0 Å². The van der Waals surface area contributed by atoms with E-state index in [-0.39, 0.29) is 34.5 Å². The predicted molar refractivity (Wildman–Crippen MR) is 128 cm³/mol. The highest BCUT2D eigenvalue weighted by atomic mass is 19.4. The Bertz CT molecular complexity index is 1320. The van der Waals surface area contributed by atoms with E-state index in [1.165, 1.54) is 33.3 Å². The van der Waals surface area contributed by atoms with Gasteiger partial charge in [0.1, 0.15) is 6.07 Å². The zero-order valence-corrected chi connectivity index (χ0v) is 20.2. The smallest absolute Gasteiger partial charge is 0.416 e. The van der Waals surface area contributed by atoms with Crippen LogP contribution in [0.5, 0.6) is 11.8 Å². The maximum absolute atomic E-state index is 15.0. The lowest BCUT2D eigenvalue weighted by molar-refractivity contribution is -0.137. The number of ether oxygens (including phenoxy) is 2. The summed E-state index contributed by atoms with van der Waals surface area (Å²) < 4.78 is 64.3. The van der Waals surface area contributed by atoms with Crippen LogP contribution in [0.15, 0.2) is 42.5 Å². The lowest BCUT2D eigenvalue weighted by Gasteiger charge is -2.27. The Labute approximate surface area is 214 Å². The monoisotopic (exact) mass is 534 g/mol. The first-order chi connectivity index (χ1) is 17.9. The first-order valence-corrected chi connectivity index (χ1v) is 10.9. The first kappa shape index (κ1) is 27.8. The molecule has 1 aromatic carbocycles. The number of nitrogens with one attached hydrogen (secondary N) is 3. The fraction of sp³-hybridized carbons (Fsp3) is 0.250. The average Bonchev–Trinajstić information content (AvgIpc) is 2.87. The van der Waals surface area contributed by atoms with E-state index >= 15 is 0 Å². The van der Waals surface area contributed by atoms with Gasteiger partial charge in [-0.2, -0.15) is 23.4 Å². The Hall–Kier alpha value is -4.80. The minimum atomic E-state index is -4.58. The van der Waals surface area contributed by atoms with Crippen LogP contribution in [0.1, 0.15) is 29.7 Å². The number of nitrogens with zero attached hydrogens (tertiary/aromatic N) is 3. The van der Waals surface area contributed by atoms with Crippen LogP contribution in [-0.4, -0.2) is 41.4 Å². The molecular formula is C24H22F4N6O4. The number of alkyl halides is 3. The Kier molecular flexibility index (Phi) is 8.41. The third kappa shape index (κ3) is 6.69. The van der Waals surface area contributed by atoms with Crippen LogP contribution in [0.25, 0.3) is 0 Å². The highest BCUT2D eigenvalue weighted by Crippen LogP contribution is 2.32. The molecule has 0 aliphatic rings. The Morgan fingerprint density at radius 3 is 2.16 bits per heavy atom. The molecule has 200 valence electrons. The van der Waals surface area contributed by atoms with E-state index in [9.17, 15) is 27.6 Å². The highest BCUT2D eigenvalue weighted by molar-refractivity contribution is 5.67. The van der Waals surface area contributed by atoms with Crippen molar-refractivity contribution in [1.82, 2.24) is 15.3 Å². The second-order valence-electron chi connectivity index (χ2n) is 7.87. The predicted octanol–water partition coefficient (Wildman–Crippen LogP) is 5.08. The van der Waals surface area contributed by atoms with Gasteiger partial charge >= 0.3 is 12.3 Å². The van der Waals surface area contributed by atoms with Gasteiger partial charge in [-0.05, 0) is 30.7 Å². The third-order valence-electron chi connectivity index (χ3n) is 5.30. The number of hydrogen-bond donors (Lipinski definition) is 4. The summed E-state index contributed by atoms with van der Waals surface area (Å²) in [4.78, 5) is 19.5. The van der Waals surface area contributed by atoms with Gasteiger partial charge < -0.3 is 30.5 Å². The molecule has 0 aliphatic heterocycles. The maximum Gasteiger partial charge on any atom is 0.416 e. The molecule has 38 heavy (non-hydrogen) atoms. The van der Waals surface area contributed by atoms with E-state index in [2.05, 4.69) is 25.9 Å². The average molecular weight is 534 g/mol. The second-order valence-corrected chi connectivity index (χ2v) is 7.87. The van der Waals surface area contributed by atoms with Crippen LogP contribution < -0.4 is 25.4 Å². The lowest BCUT2D eigenvalue weighted by Crippen LogP contribution is -2.39. The quantitative estimate of drug-likeness (QED) is 0.277. The van der Waals surface area contributed by atoms with Crippen molar-refractivity contribution in [1.29, 1.82) is 5.26 Å². The van der Waals surface area contributed by atoms with Crippen LogP contribution in [0.2, 0.25) is 0 Å². The van der Waals surface area contributed by atoms with Crippen molar-refractivity contribution in [2.45, 2.75) is 25.2 Å². The highest BCUT2D eigenvalue weighted by Gasteiger charge is 2.31. The molecule has 0 unspecified atom stereocenters. The molecule has 2 heterocycles. The van der Waals surface area contributed by atoms with Gasteiger partial charge in [0, 0.05) is 12.1 Å². The molecule has 2 aromatic heterocycles. The zero-order chi connectivity index (χ0) is 28.0. The normalized spacial score (nSPS) is 12.6. The number of carboxylic acid groups (broad SMARTS) is 1. The molecule has 0 bridgehead atoms. The lowest BCUT2D eigenvalue weighted by atomic mass is 9.98. The summed E-state index contributed by atoms with van der Waals surface area (Å²) in [7, 11) is 2.77. The number of hydrogen-bond acceptors (Lipinski definition) is 8. The summed E-state index contributed by atoms with van der Waals surface area (Å²) in [6, 6.07) is 7.67. The number of nitriles is 1. The van der Waals surface area contributed by atoms with Crippen molar-refractivity contribution < 1.29 is 36.9 Å². The molecule has 14 heteroatoms. The Morgan fingerprint density at radius 1 is 1.05 bits per heavy atom. The number of rotatable bonds is 9. The molecule has 0 saturated carbocycles.